The molecule has 0 aliphatic rings. The zero-order valence-corrected chi connectivity index (χ0v) is 16.8. The molecule has 8 nitrogen and oxygen atoms in total. The first-order valence-electron chi connectivity index (χ1n) is 7.27. The highest BCUT2D eigenvalue weighted by Gasteiger charge is 2.40. The number of hydrogen-bond donors (Lipinski definition) is 4. The number of aromatic nitrogens is 4. The average molecular weight is 451 g/mol. The van der Waals surface area contributed by atoms with Crippen LogP contribution in [0.15, 0.2) is 24.5 Å². The van der Waals surface area contributed by atoms with Crippen LogP contribution in [-0.2, 0) is 4.33 Å². The second kappa shape index (κ2) is 8.25. The molecule has 0 spiro atoms. The first-order valence-corrected chi connectivity index (χ1v) is 9.74. The molecular formula is C14H13Cl2FN6O2S2. The molecule has 0 fully saturated rings. The third-order valence-electron chi connectivity index (χ3n) is 3.36. The van der Waals surface area contributed by atoms with Crippen LogP contribution >= 0.6 is 47.0 Å². The molecule has 2 aromatic heterocycles. The Labute approximate surface area is 171 Å². The van der Waals surface area contributed by atoms with Gasteiger partial charge in [-0.2, -0.15) is 0 Å². The van der Waals surface area contributed by atoms with Gasteiger partial charge in [0.15, 0.2) is 17.3 Å². The summed E-state index contributed by atoms with van der Waals surface area (Å²) in [6.45, 7) is 0. The molecule has 0 aliphatic heterocycles. The Balaban J connectivity index is 2.06. The third-order valence-corrected chi connectivity index (χ3v) is 5.58. The van der Waals surface area contributed by atoms with Gasteiger partial charge in [0.1, 0.15) is 16.1 Å². The van der Waals surface area contributed by atoms with Crippen LogP contribution in [0, 0.1) is 0 Å². The number of aromatic amines is 1. The van der Waals surface area contributed by atoms with E-state index >= 15 is 4.39 Å². The van der Waals surface area contributed by atoms with Crippen LogP contribution in [0.1, 0.15) is 5.82 Å². The van der Waals surface area contributed by atoms with Gasteiger partial charge in [-0.15, -0.1) is 0 Å². The molecule has 2 unspecified atom stereocenters. The predicted octanol–water partition coefficient (Wildman–Crippen LogP) is 4.26. The van der Waals surface area contributed by atoms with E-state index in [1.54, 1.807) is 18.2 Å². The molecule has 13 heteroatoms. The van der Waals surface area contributed by atoms with Crippen molar-refractivity contribution >= 4 is 69.7 Å². The molecule has 0 amide bonds. The zero-order valence-electron chi connectivity index (χ0n) is 13.6. The van der Waals surface area contributed by atoms with Crippen molar-refractivity contribution in [3.63, 3.8) is 0 Å². The number of thioether (sulfide) groups is 1. The van der Waals surface area contributed by atoms with Gasteiger partial charge in [0.25, 0.3) is 4.33 Å². The topological polar surface area (TPSA) is 122 Å². The molecule has 5 N–H and O–H groups in total. The van der Waals surface area contributed by atoms with E-state index in [4.69, 9.17) is 33.7 Å². The number of ether oxygens (including phenoxy) is 1. The lowest BCUT2D eigenvalue weighted by molar-refractivity contribution is 0.390. The summed E-state index contributed by atoms with van der Waals surface area (Å²) in [6, 6.07) is 4.99. The summed E-state index contributed by atoms with van der Waals surface area (Å²) in [5.41, 5.74) is 6.55. The van der Waals surface area contributed by atoms with E-state index in [0.717, 1.165) is 0 Å². The molecule has 0 bridgehead atoms. The fraction of sp³-hybridized carbons (Fsp3) is 0.214. The van der Waals surface area contributed by atoms with E-state index < -0.39 is 9.17 Å². The van der Waals surface area contributed by atoms with Crippen LogP contribution in [0.5, 0.6) is 5.75 Å². The smallest absolute Gasteiger partial charge is 0.288 e. The van der Waals surface area contributed by atoms with Crippen LogP contribution in [0.4, 0.5) is 15.9 Å². The van der Waals surface area contributed by atoms with E-state index in [1.807, 2.05) is 0 Å². The average Bonchev–Trinajstić information content (AvgIpc) is 3.11. The summed E-state index contributed by atoms with van der Waals surface area (Å²) in [5.74, 6) is 0.426. The summed E-state index contributed by atoms with van der Waals surface area (Å²) in [6.07, 6.45) is 1.39. The van der Waals surface area contributed by atoms with Crippen molar-refractivity contribution in [2.24, 2.45) is 5.73 Å². The maximum Gasteiger partial charge on any atom is 0.288 e. The number of imidazole rings is 1. The van der Waals surface area contributed by atoms with Crippen molar-refractivity contribution < 1.29 is 13.7 Å². The molecule has 2 heterocycles. The van der Waals surface area contributed by atoms with Crippen LogP contribution in [0.25, 0.3) is 11.2 Å². The van der Waals surface area contributed by atoms with Crippen LogP contribution in [0.2, 0.25) is 5.02 Å². The lowest BCUT2D eigenvalue weighted by Gasteiger charge is -2.21. The highest BCUT2D eigenvalue weighted by molar-refractivity contribution is 8.15. The number of H-pyrrole nitrogens is 1. The number of halogens is 3. The van der Waals surface area contributed by atoms with Gasteiger partial charge in [-0.3, -0.25) is 0 Å². The Morgan fingerprint density at radius 1 is 1.44 bits per heavy atom. The molecule has 0 aliphatic carbocycles. The fourth-order valence-electron chi connectivity index (χ4n) is 2.17. The number of nitrogens with zero attached hydrogens (tertiary/aromatic N) is 3. The van der Waals surface area contributed by atoms with Crippen molar-refractivity contribution in [1.29, 1.82) is 0 Å². The normalized spacial score (nSPS) is 14.7. The standard InChI is InChI=1S/C14H13Cl2FN6O2S2/c1-25-6-2-3-8(7(15)4-6)21-11-9-10(20-5-19-9)22-12(23-11)14(17,27-24)26-13(16)18/h2-5,13,24H,18H2,1H3,(H2,19,20,21,22,23). The number of nitrogens with one attached hydrogen (secondary N) is 2. The van der Waals surface area contributed by atoms with Gasteiger partial charge in [-0.1, -0.05) is 35.0 Å². The van der Waals surface area contributed by atoms with Crippen molar-refractivity contribution in [3.05, 3.63) is 35.4 Å². The maximum absolute atomic E-state index is 15.1. The van der Waals surface area contributed by atoms with E-state index in [-0.39, 0.29) is 29.3 Å². The van der Waals surface area contributed by atoms with Crippen LogP contribution in [-0.4, -0.2) is 36.4 Å². The number of alkyl halides is 2. The van der Waals surface area contributed by atoms with Gasteiger partial charge >= 0.3 is 0 Å². The highest BCUT2D eigenvalue weighted by Crippen LogP contribution is 2.47. The van der Waals surface area contributed by atoms with E-state index in [1.165, 1.54) is 13.4 Å². The minimum atomic E-state index is -2.49. The Hall–Kier alpha value is -1.50. The highest BCUT2D eigenvalue weighted by atomic mass is 35.5. The second-order valence-corrected chi connectivity index (χ2v) is 8.51. The van der Waals surface area contributed by atoms with Crippen molar-refractivity contribution in [2.75, 3.05) is 12.4 Å². The van der Waals surface area contributed by atoms with E-state index in [0.29, 0.717) is 33.7 Å². The lowest BCUT2D eigenvalue weighted by atomic mass is 10.3. The quantitative estimate of drug-likeness (QED) is 0.181. The van der Waals surface area contributed by atoms with Gasteiger partial charge < -0.3 is 25.3 Å². The van der Waals surface area contributed by atoms with Gasteiger partial charge in [-0.05, 0) is 12.1 Å². The number of benzene rings is 1. The Kier molecular flexibility index (Phi) is 6.18. The maximum atomic E-state index is 15.1. The molecule has 27 heavy (non-hydrogen) atoms. The van der Waals surface area contributed by atoms with Gasteiger partial charge in [0.2, 0.25) is 0 Å². The number of fused-ring (bicyclic) bond motifs is 1. The minimum absolute atomic E-state index is 0.114. The van der Waals surface area contributed by atoms with Gasteiger partial charge in [-0.25, -0.2) is 19.3 Å². The summed E-state index contributed by atoms with van der Waals surface area (Å²) >= 11 is 12.2. The van der Waals surface area contributed by atoms with E-state index in [2.05, 4.69) is 25.3 Å². The lowest BCUT2D eigenvalue weighted by Crippen LogP contribution is -2.22. The van der Waals surface area contributed by atoms with Crippen molar-refractivity contribution in [1.82, 2.24) is 19.9 Å². The van der Waals surface area contributed by atoms with Crippen LogP contribution in [0.3, 0.4) is 0 Å². The van der Waals surface area contributed by atoms with Gasteiger partial charge in [0, 0.05) is 18.1 Å². The molecular weight excluding hydrogens is 438 g/mol. The molecule has 2 atom stereocenters. The largest absolute Gasteiger partial charge is 0.497 e. The molecule has 3 aromatic rings. The summed E-state index contributed by atoms with van der Waals surface area (Å²) < 4.78 is 27.2. The molecule has 3 rings (SSSR count). The summed E-state index contributed by atoms with van der Waals surface area (Å²) in [5, 5.41) is 3.36. The molecule has 1 aromatic carbocycles. The Bertz CT molecular complexity index is 963. The number of hydrogen-bond acceptors (Lipinski definition) is 9. The summed E-state index contributed by atoms with van der Waals surface area (Å²) in [4.78, 5) is 14.0. The number of anilines is 2. The third kappa shape index (κ3) is 4.33. The molecule has 0 saturated heterocycles. The van der Waals surface area contributed by atoms with Gasteiger partial charge in [0.05, 0.1) is 24.1 Å². The first-order chi connectivity index (χ1) is 12.9. The Morgan fingerprint density at radius 3 is 2.85 bits per heavy atom. The van der Waals surface area contributed by atoms with Crippen molar-refractivity contribution in [3.8, 4) is 5.75 Å². The molecule has 0 saturated carbocycles. The predicted molar refractivity (Wildman–Crippen MR) is 107 cm³/mol. The first kappa shape index (κ1) is 20.2. The number of methoxy groups -OCH3 is 1. The minimum Gasteiger partial charge on any atom is -0.497 e. The fourth-order valence-corrected chi connectivity index (χ4v) is 4.06. The summed E-state index contributed by atoms with van der Waals surface area (Å²) in [7, 11) is 1.52. The SMILES string of the molecule is COc1ccc(Nc2nc(C(F)(SO)SC(N)Cl)nc3nc[nH]c23)c(Cl)c1. The number of nitrogens with two attached hydrogens (primary N) is 1. The monoisotopic (exact) mass is 450 g/mol. The van der Waals surface area contributed by atoms with Crippen molar-refractivity contribution in [2.45, 2.75) is 9.17 Å². The van der Waals surface area contributed by atoms with E-state index in [9.17, 15) is 4.55 Å². The molecule has 0 radical (unpaired) electrons. The second-order valence-electron chi connectivity index (χ2n) is 5.06. The zero-order chi connectivity index (χ0) is 19.6. The van der Waals surface area contributed by atoms with Crippen LogP contribution < -0.4 is 15.8 Å². The Morgan fingerprint density at radius 2 is 2.22 bits per heavy atom. The molecule has 144 valence electrons. The number of rotatable bonds is 7.